The second kappa shape index (κ2) is 11.6. The van der Waals surface area contributed by atoms with Crippen molar-refractivity contribution >= 4 is 17.9 Å². The van der Waals surface area contributed by atoms with E-state index in [2.05, 4.69) is 0 Å². The summed E-state index contributed by atoms with van der Waals surface area (Å²) in [5.74, 6) is -2.01. The van der Waals surface area contributed by atoms with Gasteiger partial charge in [0.25, 0.3) is 0 Å². The van der Waals surface area contributed by atoms with Crippen molar-refractivity contribution in [2.24, 2.45) is 17.8 Å². The van der Waals surface area contributed by atoms with Crippen LogP contribution in [0.5, 0.6) is 0 Å². The Bertz CT molecular complexity index is 765. The SMILES string of the molecule is CO[C@@H]1C=C(CO)[C@@H]2C1=C(COC(C)=O)[C@H](OC(=O)CC(C)C)O[C@H]2OC(=O)CC(C)C. The molecule has 2 aliphatic rings. The van der Waals surface area contributed by atoms with Gasteiger partial charge in [-0.1, -0.05) is 27.7 Å². The predicted molar refractivity (Wildman–Crippen MR) is 113 cm³/mol. The molecule has 9 nitrogen and oxygen atoms in total. The molecule has 1 aliphatic carbocycles. The summed E-state index contributed by atoms with van der Waals surface area (Å²) in [5.41, 5.74) is 1.53. The van der Waals surface area contributed by atoms with Gasteiger partial charge in [-0.2, -0.15) is 0 Å². The average molecular weight is 455 g/mol. The second-order valence-electron chi connectivity index (χ2n) is 8.81. The first-order valence-corrected chi connectivity index (χ1v) is 10.8. The number of hydrogen-bond donors (Lipinski definition) is 1. The summed E-state index contributed by atoms with van der Waals surface area (Å²) in [4.78, 5) is 36.3. The normalized spacial score (nSPS) is 25.0. The summed E-state index contributed by atoms with van der Waals surface area (Å²) in [5, 5.41) is 9.92. The molecule has 1 aliphatic heterocycles. The molecule has 1 N–H and O–H groups in total. The van der Waals surface area contributed by atoms with Gasteiger partial charge in [0.05, 0.1) is 18.6 Å². The molecule has 2 rings (SSSR count). The number of ether oxygens (including phenoxy) is 5. The largest absolute Gasteiger partial charge is 0.461 e. The van der Waals surface area contributed by atoms with Crippen molar-refractivity contribution in [3.05, 3.63) is 22.8 Å². The van der Waals surface area contributed by atoms with Gasteiger partial charge in [-0.15, -0.1) is 0 Å². The highest BCUT2D eigenvalue weighted by atomic mass is 16.8. The standard InChI is InChI=1S/C23H34O9/c1-12(2)7-18(26)30-22-16(11-29-14(5)25)21-17(28-6)9-15(10-24)20(21)23(32-22)31-19(27)8-13(3)4/h9,12-13,17,20,22-24H,7-8,10-11H2,1-6H3/t17-,20-,22-,23-/m1/s1. The summed E-state index contributed by atoms with van der Waals surface area (Å²) < 4.78 is 27.9. The van der Waals surface area contributed by atoms with E-state index in [1.165, 1.54) is 14.0 Å². The van der Waals surface area contributed by atoms with Gasteiger partial charge in [-0.25, -0.2) is 0 Å². The molecule has 0 saturated carbocycles. The lowest BCUT2D eigenvalue weighted by molar-refractivity contribution is -0.244. The minimum atomic E-state index is -1.23. The van der Waals surface area contributed by atoms with Crippen LogP contribution in [0.25, 0.3) is 0 Å². The molecule has 32 heavy (non-hydrogen) atoms. The molecule has 0 amide bonds. The van der Waals surface area contributed by atoms with Crippen LogP contribution >= 0.6 is 0 Å². The lowest BCUT2D eigenvalue weighted by Gasteiger charge is -2.38. The van der Waals surface area contributed by atoms with Gasteiger partial charge in [0.1, 0.15) is 6.61 Å². The van der Waals surface area contributed by atoms with E-state index in [1.807, 2.05) is 27.7 Å². The van der Waals surface area contributed by atoms with E-state index in [9.17, 15) is 19.5 Å². The Morgan fingerprint density at radius 2 is 1.66 bits per heavy atom. The molecule has 0 aromatic heterocycles. The first-order chi connectivity index (χ1) is 15.1. The van der Waals surface area contributed by atoms with E-state index in [4.69, 9.17) is 23.7 Å². The molecule has 180 valence electrons. The van der Waals surface area contributed by atoms with Crippen molar-refractivity contribution in [3.8, 4) is 0 Å². The van der Waals surface area contributed by atoms with Crippen LogP contribution in [-0.2, 0) is 38.1 Å². The van der Waals surface area contributed by atoms with Crippen LogP contribution in [0.4, 0.5) is 0 Å². The number of rotatable bonds is 10. The minimum absolute atomic E-state index is 0.0592. The summed E-state index contributed by atoms with van der Waals surface area (Å²) in [6, 6.07) is 0. The first kappa shape index (κ1) is 26.0. The van der Waals surface area contributed by atoms with Crippen molar-refractivity contribution in [1.29, 1.82) is 0 Å². The van der Waals surface area contributed by atoms with E-state index in [0.717, 1.165) is 0 Å². The lowest BCUT2D eigenvalue weighted by atomic mass is 9.88. The smallest absolute Gasteiger partial charge is 0.308 e. The van der Waals surface area contributed by atoms with Gasteiger partial charge in [-0.05, 0) is 29.1 Å². The Morgan fingerprint density at radius 3 is 2.16 bits per heavy atom. The summed E-state index contributed by atoms with van der Waals surface area (Å²) in [7, 11) is 1.49. The predicted octanol–water partition coefficient (Wildman–Crippen LogP) is 2.27. The van der Waals surface area contributed by atoms with Crippen molar-refractivity contribution in [2.75, 3.05) is 20.3 Å². The highest BCUT2D eigenvalue weighted by Gasteiger charge is 2.48. The first-order valence-electron chi connectivity index (χ1n) is 10.8. The number of carbonyl (C=O) groups excluding carboxylic acids is 3. The molecule has 4 atom stereocenters. The molecule has 0 unspecified atom stereocenters. The second-order valence-corrected chi connectivity index (χ2v) is 8.81. The van der Waals surface area contributed by atoms with Crippen LogP contribution in [0.15, 0.2) is 22.8 Å². The van der Waals surface area contributed by atoms with Crippen molar-refractivity contribution in [1.82, 2.24) is 0 Å². The third-order valence-electron chi connectivity index (χ3n) is 5.10. The van der Waals surface area contributed by atoms with E-state index >= 15 is 0 Å². The van der Waals surface area contributed by atoms with Crippen molar-refractivity contribution in [2.45, 2.75) is 66.1 Å². The highest BCUT2D eigenvalue weighted by molar-refractivity contribution is 5.71. The number of aliphatic hydroxyl groups excluding tert-OH is 1. The molecule has 1 heterocycles. The number of fused-ring (bicyclic) bond motifs is 1. The van der Waals surface area contributed by atoms with Crippen LogP contribution in [0.2, 0.25) is 0 Å². The van der Waals surface area contributed by atoms with E-state index in [0.29, 0.717) is 16.7 Å². The molecule has 0 aromatic carbocycles. The Hall–Kier alpha value is -2.23. The zero-order valence-corrected chi connectivity index (χ0v) is 19.6. The quantitative estimate of drug-likeness (QED) is 0.301. The number of carbonyl (C=O) groups is 3. The zero-order valence-electron chi connectivity index (χ0n) is 19.6. The monoisotopic (exact) mass is 454 g/mol. The van der Waals surface area contributed by atoms with Gasteiger partial charge in [0.15, 0.2) is 0 Å². The Kier molecular flexibility index (Phi) is 9.42. The minimum Gasteiger partial charge on any atom is -0.461 e. The summed E-state index contributed by atoms with van der Waals surface area (Å²) >= 11 is 0. The van der Waals surface area contributed by atoms with Crippen LogP contribution in [0.1, 0.15) is 47.5 Å². The van der Waals surface area contributed by atoms with Crippen molar-refractivity contribution < 1.29 is 43.2 Å². The van der Waals surface area contributed by atoms with E-state index < -0.39 is 42.5 Å². The fraction of sp³-hybridized carbons (Fsp3) is 0.696. The molecule has 9 heteroatoms. The Labute approximate surface area is 188 Å². The van der Waals surface area contributed by atoms with Gasteiger partial charge in [0, 0.05) is 32.4 Å². The molecule has 0 aromatic rings. The molecular formula is C23H34O9. The zero-order chi connectivity index (χ0) is 24.0. The summed E-state index contributed by atoms with van der Waals surface area (Å²) in [6.07, 6.45) is -0.908. The number of methoxy groups -OCH3 is 1. The van der Waals surface area contributed by atoms with Crippen LogP contribution in [-0.4, -0.2) is 62.0 Å². The number of hydrogen-bond acceptors (Lipinski definition) is 9. The summed E-state index contributed by atoms with van der Waals surface area (Å²) in [6.45, 7) is 8.29. The topological polar surface area (TPSA) is 118 Å². The van der Waals surface area contributed by atoms with Gasteiger partial charge in [0.2, 0.25) is 12.6 Å². The average Bonchev–Trinajstić information content (AvgIpc) is 3.05. The molecule has 0 saturated heterocycles. The third-order valence-corrected chi connectivity index (χ3v) is 5.10. The van der Waals surface area contributed by atoms with Crippen LogP contribution in [0, 0.1) is 17.8 Å². The van der Waals surface area contributed by atoms with Gasteiger partial charge in [-0.3, -0.25) is 19.1 Å². The van der Waals surface area contributed by atoms with Crippen LogP contribution < -0.4 is 0 Å². The number of aliphatic hydroxyl groups is 1. The molecule has 0 spiro atoms. The maximum absolute atomic E-state index is 12.4. The van der Waals surface area contributed by atoms with Crippen molar-refractivity contribution in [3.63, 3.8) is 0 Å². The lowest BCUT2D eigenvalue weighted by Crippen LogP contribution is -2.44. The molecule has 0 fully saturated rings. The molecule has 0 radical (unpaired) electrons. The van der Waals surface area contributed by atoms with Gasteiger partial charge >= 0.3 is 17.9 Å². The Balaban J connectivity index is 2.46. The Morgan fingerprint density at radius 1 is 1.06 bits per heavy atom. The maximum atomic E-state index is 12.4. The van der Waals surface area contributed by atoms with Crippen LogP contribution in [0.3, 0.4) is 0 Å². The fourth-order valence-corrected chi connectivity index (χ4v) is 3.77. The maximum Gasteiger partial charge on any atom is 0.308 e. The molecule has 0 bridgehead atoms. The third kappa shape index (κ3) is 6.63. The molecular weight excluding hydrogens is 420 g/mol. The fourth-order valence-electron chi connectivity index (χ4n) is 3.77. The number of esters is 3. The van der Waals surface area contributed by atoms with E-state index in [1.54, 1.807) is 6.08 Å². The van der Waals surface area contributed by atoms with Gasteiger partial charge < -0.3 is 24.1 Å². The highest BCUT2D eigenvalue weighted by Crippen LogP contribution is 2.44. The van der Waals surface area contributed by atoms with E-state index in [-0.39, 0.29) is 37.9 Å².